The largest absolute Gasteiger partial charge is 0.490 e. The summed E-state index contributed by atoms with van der Waals surface area (Å²) in [6.07, 6.45) is -0.133. The molecule has 0 aromatic heterocycles. The van der Waals surface area contributed by atoms with Crippen LogP contribution in [0.15, 0.2) is 0 Å². The van der Waals surface area contributed by atoms with Gasteiger partial charge in [0.15, 0.2) is 23.7 Å². The summed E-state index contributed by atoms with van der Waals surface area (Å²) in [6, 6.07) is 0. The molecule has 0 saturated carbocycles. The molecule has 2 nitrogen and oxygen atoms in total. The predicted molar refractivity (Wildman–Crippen MR) is 42.8 cm³/mol. The second-order valence-electron chi connectivity index (χ2n) is 2.55. The van der Waals surface area contributed by atoms with Gasteiger partial charge in [0, 0.05) is 0 Å². The van der Waals surface area contributed by atoms with Gasteiger partial charge in [-0.1, -0.05) is 0 Å². The first-order valence-corrected chi connectivity index (χ1v) is 3.98. The van der Waals surface area contributed by atoms with Crippen LogP contribution in [0.3, 0.4) is 0 Å². The average Bonchev–Trinajstić information content (AvgIpc) is 2.24. The Balaban J connectivity index is 3.54. The molecule has 0 atom stereocenters. The zero-order valence-electron chi connectivity index (χ0n) is 7.61. The molecule has 0 fully saturated rings. The van der Waals surface area contributed by atoms with E-state index in [0.29, 0.717) is 0 Å². The molecule has 0 saturated heterocycles. The number of hydrogen-bond acceptors (Lipinski definition) is 2. The molecule has 0 bridgehead atoms. The first-order valence-electron chi connectivity index (χ1n) is 3.98. The Morgan fingerprint density at radius 1 is 1.07 bits per heavy atom. The molecular weight excluding hydrogens is 216 g/mol. The first-order chi connectivity index (χ1) is 7.04. The molecule has 15 heavy (non-hydrogen) atoms. The molecule has 6 heteroatoms. The van der Waals surface area contributed by atoms with E-state index in [0.717, 1.165) is 0 Å². The summed E-state index contributed by atoms with van der Waals surface area (Å²) in [6.45, 7) is 1.31. The summed E-state index contributed by atoms with van der Waals surface area (Å²) in [5.41, 5.74) is -0.965. The van der Waals surface area contributed by atoms with Gasteiger partial charge in [-0.15, -0.1) is 0 Å². The summed E-state index contributed by atoms with van der Waals surface area (Å²) < 4.78 is 55.8. The molecule has 82 valence electrons. The number of ether oxygens (including phenoxy) is 1. The van der Waals surface area contributed by atoms with Gasteiger partial charge in [0.05, 0.1) is 12.2 Å². The van der Waals surface area contributed by atoms with E-state index in [1.807, 2.05) is 0 Å². The Kier molecular flexibility index (Phi) is 3.28. The van der Waals surface area contributed by atoms with Crippen LogP contribution in [0.5, 0.6) is 5.75 Å². The topological polar surface area (TPSA) is 26.3 Å². The maximum absolute atomic E-state index is 13.0. The van der Waals surface area contributed by atoms with Crippen molar-refractivity contribution < 1.29 is 27.1 Å². The van der Waals surface area contributed by atoms with Gasteiger partial charge < -0.3 is 4.74 Å². The van der Waals surface area contributed by atoms with Crippen LogP contribution in [-0.4, -0.2) is 12.9 Å². The first kappa shape index (κ1) is 11.5. The fraction of sp³-hybridized carbons (Fsp3) is 0.222. The van der Waals surface area contributed by atoms with Crippen molar-refractivity contribution >= 4 is 6.29 Å². The maximum atomic E-state index is 13.0. The number of aldehydes is 1. The van der Waals surface area contributed by atoms with Crippen LogP contribution in [0.2, 0.25) is 0 Å². The summed E-state index contributed by atoms with van der Waals surface area (Å²) in [7, 11) is 0. The lowest BCUT2D eigenvalue weighted by Gasteiger charge is -2.09. The molecule has 0 radical (unpaired) electrons. The molecule has 0 amide bonds. The van der Waals surface area contributed by atoms with Crippen LogP contribution in [0, 0.1) is 23.3 Å². The Hall–Kier alpha value is -1.59. The van der Waals surface area contributed by atoms with Crippen molar-refractivity contribution in [2.75, 3.05) is 6.61 Å². The van der Waals surface area contributed by atoms with Crippen molar-refractivity contribution in [1.82, 2.24) is 0 Å². The number of halogens is 4. The third-order valence-electron chi connectivity index (χ3n) is 1.67. The lowest BCUT2D eigenvalue weighted by molar-refractivity contribution is 0.111. The minimum atomic E-state index is -2.03. The van der Waals surface area contributed by atoms with E-state index in [9.17, 15) is 22.4 Å². The van der Waals surface area contributed by atoms with E-state index in [1.54, 1.807) is 0 Å². The Morgan fingerprint density at radius 2 is 1.60 bits per heavy atom. The highest BCUT2D eigenvalue weighted by Gasteiger charge is 2.25. The van der Waals surface area contributed by atoms with E-state index in [4.69, 9.17) is 0 Å². The average molecular weight is 222 g/mol. The molecule has 0 aliphatic carbocycles. The van der Waals surface area contributed by atoms with E-state index < -0.39 is 34.6 Å². The second kappa shape index (κ2) is 4.29. The van der Waals surface area contributed by atoms with Crippen molar-refractivity contribution in [1.29, 1.82) is 0 Å². The lowest BCUT2D eigenvalue weighted by atomic mass is 10.2. The quantitative estimate of drug-likeness (QED) is 0.340. The van der Waals surface area contributed by atoms with Crippen LogP contribution < -0.4 is 4.74 Å². The van der Waals surface area contributed by atoms with Gasteiger partial charge >= 0.3 is 0 Å². The van der Waals surface area contributed by atoms with Crippen molar-refractivity contribution in [3.8, 4) is 5.75 Å². The summed E-state index contributed by atoms with van der Waals surface area (Å²) >= 11 is 0. The van der Waals surface area contributed by atoms with Crippen molar-refractivity contribution in [2.45, 2.75) is 6.92 Å². The van der Waals surface area contributed by atoms with Crippen molar-refractivity contribution in [2.24, 2.45) is 0 Å². The van der Waals surface area contributed by atoms with Gasteiger partial charge in [0.1, 0.15) is 0 Å². The summed E-state index contributed by atoms with van der Waals surface area (Å²) in [4.78, 5) is 10.4. The van der Waals surface area contributed by atoms with Crippen LogP contribution in [-0.2, 0) is 0 Å². The maximum Gasteiger partial charge on any atom is 0.204 e. The molecule has 0 spiro atoms. The second-order valence-corrected chi connectivity index (χ2v) is 2.55. The molecule has 1 aromatic rings. The third-order valence-corrected chi connectivity index (χ3v) is 1.67. The normalized spacial score (nSPS) is 10.2. The number of carbonyl (C=O) groups excluding carboxylic acids is 1. The predicted octanol–water partition coefficient (Wildman–Crippen LogP) is 2.45. The highest BCUT2D eigenvalue weighted by atomic mass is 19.2. The van der Waals surface area contributed by atoms with E-state index in [-0.39, 0.29) is 12.9 Å². The minimum absolute atomic E-state index is 0.109. The van der Waals surface area contributed by atoms with Gasteiger partial charge in [-0.3, -0.25) is 4.79 Å². The Bertz CT molecular complexity index is 404. The summed E-state index contributed by atoms with van der Waals surface area (Å²) in [5, 5.41) is 0. The van der Waals surface area contributed by atoms with Crippen LogP contribution in [0.25, 0.3) is 0 Å². The number of carbonyl (C=O) groups is 1. The van der Waals surface area contributed by atoms with Crippen LogP contribution >= 0.6 is 0 Å². The third kappa shape index (κ3) is 1.79. The molecular formula is C9H6F4O2. The molecule has 0 aliphatic rings. The van der Waals surface area contributed by atoms with Gasteiger partial charge in [0.2, 0.25) is 11.6 Å². The molecule has 0 unspecified atom stereocenters. The summed E-state index contributed by atoms with van der Waals surface area (Å²) in [5.74, 6) is -8.41. The van der Waals surface area contributed by atoms with Gasteiger partial charge in [-0.25, -0.2) is 13.2 Å². The molecule has 1 aromatic carbocycles. The molecule has 0 aliphatic heterocycles. The van der Waals surface area contributed by atoms with Crippen LogP contribution in [0.1, 0.15) is 17.3 Å². The van der Waals surface area contributed by atoms with Gasteiger partial charge in [0.25, 0.3) is 0 Å². The standard InChI is InChI=1S/C9H6F4O2/c1-2-15-9-4(3-14)5(10)6(11)7(12)8(9)13/h3H,2H2,1H3. The minimum Gasteiger partial charge on any atom is -0.490 e. The van der Waals surface area contributed by atoms with Crippen molar-refractivity contribution in [3.05, 3.63) is 28.8 Å². The monoisotopic (exact) mass is 222 g/mol. The van der Waals surface area contributed by atoms with E-state index in [2.05, 4.69) is 4.74 Å². The van der Waals surface area contributed by atoms with Gasteiger partial charge in [-0.05, 0) is 6.92 Å². The Labute approximate surface area is 82.5 Å². The number of rotatable bonds is 3. The van der Waals surface area contributed by atoms with E-state index in [1.165, 1.54) is 6.92 Å². The highest BCUT2D eigenvalue weighted by Crippen LogP contribution is 2.29. The molecule has 0 N–H and O–H groups in total. The zero-order chi connectivity index (χ0) is 11.6. The number of benzene rings is 1. The van der Waals surface area contributed by atoms with Crippen LogP contribution in [0.4, 0.5) is 17.6 Å². The lowest BCUT2D eigenvalue weighted by Crippen LogP contribution is -2.07. The van der Waals surface area contributed by atoms with Gasteiger partial charge in [-0.2, -0.15) is 4.39 Å². The fourth-order valence-electron chi connectivity index (χ4n) is 1.02. The zero-order valence-corrected chi connectivity index (χ0v) is 7.61. The van der Waals surface area contributed by atoms with E-state index >= 15 is 0 Å². The molecule has 1 rings (SSSR count). The van der Waals surface area contributed by atoms with Crippen molar-refractivity contribution in [3.63, 3.8) is 0 Å². The molecule has 0 heterocycles. The highest BCUT2D eigenvalue weighted by molar-refractivity contribution is 5.80. The fourth-order valence-corrected chi connectivity index (χ4v) is 1.02. The Morgan fingerprint density at radius 3 is 2.07 bits per heavy atom. The SMILES string of the molecule is CCOc1c(F)c(F)c(F)c(F)c1C=O. The number of hydrogen-bond donors (Lipinski definition) is 0. The smallest absolute Gasteiger partial charge is 0.204 e.